The van der Waals surface area contributed by atoms with Crippen molar-refractivity contribution >= 4 is 11.7 Å². The molecule has 1 aliphatic rings. The number of aromatic nitrogens is 1. The van der Waals surface area contributed by atoms with Crippen molar-refractivity contribution in [2.75, 3.05) is 11.9 Å². The first-order valence-electron chi connectivity index (χ1n) is 7.51. The number of nitrogens with zero attached hydrogens (tertiary/aromatic N) is 1. The number of rotatable bonds is 4. The Morgan fingerprint density at radius 2 is 2.30 bits per heavy atom. The van der Waals surface area contributed by atoms with Crippen LogP contribution in [0.25, 0.3) is 0 Å². The quantitative estimate of drug-likeness (QED) is 0.887. The molecular weight excluding hydrogens is 250 g/mol. The molecule has 110 valence electrons. The molecule has 20 heavy (non-hydrogen) atoms. The first kappa shape index (κ1) is 14.8. The van der Waals surface area contributed by atoms with Gasteiger partial charge in [-0.2, -0.15) is 0 Å². The Balaban J connectivity index is 1.99. The maximum absolute atomic E-state index is 12.3. The van der Waals surface area contributed by atoms with Crippen molar-refractivity contribution < 1.29 is 4.79 Å². The molecule has 0 saturated heterocycles. The van der Waals surface area contributed by atoms with Crippen LogP contribution in [0.3, 0.4) is 0 Å². The van der Waals surface area contributed by atoms with E-state index in [9.17, 15) is 4.79 Å². The first-order chi connectivity index (χ1) is 9.50. The lowest BCUT2D eigenvalue weighted by molar-refractivity contribution is 0.0902. The molecule has 2 rings (SSSR count). The molecule has 1 heterocycles. The van der Waals surface area contributed by atoms with Crippen LogP contribution >= 0.6 is 0 Å². The first-order valence-corrected chi connectivity index (χ1v) is 7.51. The van der Waals surface area contributed by atoms with Gasteiger partial charge in [0.2, 0.25) is 0 Å². The molecular formula is C16H25N3O. The fourth-order valence-electron chi connectivity index (χ4n) is 2.94. The third-order valence-corrected chi connectivity index (χ3v) is 3.92. The van der Waals surface area contributed by atoms with Crippen LogP contribution < -0.4 is 10.6 Å². The van der Waals surface area contributed by atoms with E-state index in [1.165, 1.54) is 12.8 Å². The summed E-state index contributed by atoms with van der Waals surface area (Å²) < 4.78 is 0. The zero-order valence-electron chi connectivity index (χ0n) is 12.7. The van der Waals surface area contributed by atoms with Gasteiger partial charge < -0.3 is 10.6 Å². The lowest BCUT2D eigenvalue weighted by atomic mass is 9.75. The predicted molar refractivity (Wildman–Crippen MR) is 81.9 cm³/mol. The lowest BCUT2D eigenvalue weighted by Gasteiger charge is -2.35. The van der Waals surface area contributed by atoms with Crippen molar-refractivity contribution in [2.24, 2.45) is 5.41 Å². The molecule has 4 heteroatoms. The molecule has 1 aliphatic carbocycles. The zero-order valence-corrected chi connectivity index (χ0v) is 12.7. The molecule has 1 unspecified atom stereocenters. The second-order valence-corrected chi connectivity index (χ2v) is 6.39. The molecule has 0 aliphatic heterocycles. The monoisotopic (exact) mass is 275 g/mol. The van der Waals surface area contributed by atoms with Gasteiger partial charge in [0.25, 0.3) is 5.91 Å². The minimum Gasteiger partial charge on any atom is -0.370 e. The number of hydrogen-bond acceptors (Lipinski definition) is 3. The minimum atomic E-state index is 0.00857. The Kier molecular flexibility index (Phi) is 4.63. The highest BCUT2D eigenvalue weighted by atomic mass is 16.1. The van der Waals surface area contributed by atoms with Crippen molar-refractivity contribution in [1.29, 1.82) is 0 Å². The van der Waals surface area contributed by atoms with Gasteiger partial charge in [-0.3, -0.25) is 4.79 Å². The Hall–Kier alpha value is -1.58. The molecule has 1 saturated carbocycles. The maximum atomic E-state index is 12.3. The lowest BCUT2D eigenvalue weighted by Crippen LogP contribution is -2.40. The topological polar surface area (TPSA) is 54.0 Å². The van der Waals surface area contributed by atoms with Gasteiger partial charge in [-0.15, -0.1) is 0 Å². The summed E-state index contributed by atoms with van der Waals surface area (Å²) in [7, 11) is 0. The van der Waals surface area contributed by atoms with Crippen molar-refractivity contribution in [2.45, 2.75) is 52.5 Å². The van der Waals surface area contributed by atoms with Crippen LogP contribution in [-0.2, 0) is 0 Å². The average Bonchev–Trinajstić information content (AvgIpc) is 2.38. The van der Waals surface area contributed by atoms with Gasteiger partial charge in [-0.1, -0.05) is 20.3 Å². The highest BCUT2D eigenvalue weighted by Crippen LogP contribution is 2.35. The Morgan fingerprint density at radius 1 is 1.50 bits per heavy atom. The van der Waals surface area contributed by atoms with E-state index in [4.69, 9.17) is 0 Å². The van der Waals surface area contributed by atoms with Crippen LogP contribution in [-0.4, -0.2) is 23.5 Å². The summed E-state index contributed by atoms with van der Waals surface area (Å²) in [5.41, 5.74) is 1.02. The molecule has 1 aromatic heterocycles. The van der Waals surface area contributed by atoms with Crippen molar-refractivity contribution in [3.8, 4) is 0 Å². The number of anilines is 1. The normalized spacial score (nSPS) is 21.2. The van der Waals surface area contributed by atoms with Crippen LogP contribution in [0.5, 0.6) is 0 Å². The number of nitrogens with one attached hydrogen (secondary N) is 2. The summed E-state index contributed by atoms with van der Waals surface area (Å²) in [6, 6.07) is 3.87. The van der Waals surface area contributed by atoms with Crippen LogP contribution in [0.1, 0.15) is 56.8 Å². The van der Waals surface area contributed by atoms with Crippen LogP contribution in [0.4, 0.5) is 5.82 Å². The molecule has 1 amide bonds. The fourth-order valence-corrected chi connectivity index (χ4v) is 2.94. The molecule has 0 aromatic carbocycles. The average molecular weight is 275 g/mol. The van der Waals surface area contributed by atoms with Gasteiger partial charge >= 0.3 is 0 Å². The van der Waals surface area contributed by atoms with Gasteiger partial charge in [0.1, 0.15) is 5.82 Å². The van der Waals surface area contributed by atoms with Gasteiger partial charge in [-0.25, -0.2) is 4.98 Å². The minimum absolute atomic E-state index is 0.00857. The van der Waals surface area contributed by atoms with E-state index in [1.807, 2.05) is 13.0 Å². The number of amides is 1. The number of carbonyl (C=O) groups excluding carboxylic acids is 1. The molecule has 0 spiro atoms. The van der Waals surface area contributed by atoms with Gasteiger partial charge in [-0.05, 0) is 43.7 Å². The van der Waals surface area contributed by atoms with Crippen LogP contribution in [0, 0.1) is 5.41 Å². The largest absolute Gasteiger partial charge is 0.370 e. The smallest absolute Gasteiger partial charge is 0.251 e. The summed E-state index contributed by atoms with van der Waals surface area (Å²) >= 11 is 0. The van der Waals surface area contributed by atoms with E-state index in [1.54, 1.807) is 12.3 Å². The Morgan fingerprint density at radius 3 is 3.00 bits per heavy atom. The summed E-state index contributed by atoms with van der Waals surface area (Å²) in [6.07, 6.45) is 6.26. The van der Waals surface area contributed by atoms with Crippen LogP contribution in [0.15, 0.2) is 18.3 Å². The number of hydrogen-bond donors (Lipinski definition) is 2. The molecule has 1 aromatic rings. The van der Waals surface area contributed by atoms with Crippen molar-refractivity contribution in [1.82, 2.24) is 10.3 Å². The summed E-state index contributed by atoms with van der Waals surface area (Å²) in [5, 5.41) is 6.29. The molecule has 0 radical (unpaired) electrons. The third kappa shape index (κ3) is 3.95. The predicted octanol–water partition coefficient (Wildman–Crippen LogP) is 3.21. The van der Waals surface area contributed by atoms with E-state index >= 15 is 0 Å². The standard InChI is InChI=1S/C16H25N3O/c1-4-17-14-10-12(7-9-18-14)15(20)19-13-6-5-8-16(2,3)11-13/h7,9-10,13H,4-6,8,11H2,1-3H3,(H,17,18)(H,19,20). The highest BCUT2D eigenvalue weighted by molar-refractivity contribution is 5.95. The molecule has 2 N–H and O–H groups in total. The van der Waals surface area contributed by atoms with Crippen molar-refractivity contribution in [3.63, 3.8) is 0 Å². The van der Waals surface area contributed by atoms with E-state index in [0.717, 1.165) is 25.2 Å². The Bertz CT molecular complexity index is 471. The highest BCUT2D eigenvalue weighted by Gasteiger charge is 2.28. The van der Waals surface area contributed by atoms with Gasteiger partial charge in [0.15, 0.2) is 0 Å². The molecule has 4 nitrogen and oxygen atoms in total. The van der Waals surface area contributed by atoms with E-state index in [2.05, 4.69) is 29.5 Å². The molecule has 0 bridgehead atoms. The second kappa shape index (κ2) is 6.25. The molecule has 1 atom stereocenters. The fraction of sp³-hybridized carbons (Fsp3) is 0.625. The van der Waals surface area contributed by atoms with E-state index in [-0.39, 0.29) is 5.91 Å². The number of pyridine rings is 1. The van der Waals surface area contributed by atoms with Crippen molar-refractivity contribution in [3.05, 3.63) is 23.9 Å². The third-order valence-electron chi connectivity index (χ3n) is 3.92. The van der Waals surface area contributed by atoms with Gasteiger partial charge in [0, 0.05) is 24.3 Å². The van der Waals surface area contributed by atoms with E-state index < -0.39 is 0 Å². The SMILES string of the molecule is CCNc1cc(C(=O)NC2CCCC(C)(C)C2)ccn1. The molecule has 1 fully saturated rings. The van der Waals surface area contributed by atoms with Gasteiger partial charge in [0.05, 0.1) is 0 Å². The van der Waals surface area contributed by atoms with Crippen LogP contribution in [0.2, 0.25) is 0 Å². The maximum Gasteiger partial charge on any atom is 0.251 e. The number of carbonyl (C=O) groups is 1. The summed E-state index contributed by atoms with van der Waals surface area (Å²) in [4.78, 5) is 16.5. The summed E-state index contributed by atoms with van der Waals surface area (Å²) in [5.74, 6) is 0.762. The Labute approximate surface area is 121 Å². The second-order valence-electron chi connectivity index (χ2n) is 6.39. The van der Waals surface area contributed by atoms with E-state index in [0.29, 0.717) is 17.0 Å². The summed E-state index contributed by atoms with van der Waals surface area (Å²) in [6.45, 7) is 7.37. The zero-order chi connectivity index (χ0) is 14.6.